The second-order valence-corrected chi connectivity index (χ2v) is 6.31. The largest absolute Gasteiger partial charge is 0.324 e. The molecule has 0 radical (unpaired) electrons. The summed E-state index contributed by atoms with van der Waals surface area (Å²) in [5.74, 6) is -1.73. The van der Waals surface area contributed by atoms with Crippen LogP contribution in [0, 0.1) is 11.6 Å². The Morgan fingerprint density at radius 3 is 2.29 bits per heavy atom. The number of hydrogen-bond acceptors (Lipinski definition) is 3. The van der Waals surface area contributed by atoms with Crippen LogP contribution in [0.25, 0.3) is 0 Å². The fourth-order valence-corrected chi connectivity index (χ4v) is 2.89. The third kappa shape index (κ3) is 3.77. The minimum Gasteiger partial charge on any atom is -0.324 e. The number of nitrogens with one attached hydrogen (secondary N) is 1. The lowest BCUT2D eigenvalue weighted by molar-refractivity contribution is 0.584. The standard InChI is InChI=1S/C14H14F2N2O2S/c1-9(17)10-3-2-4-14(5-10)21(19,20)18-13-7-11(15)6-12(16)8-13/h2-9,18H,17H2,1H3. The van der Waals surface area contributed by atoms with Crippen LogP contribution < -0.4 is 10.5 Å². The van der Waals surface area contributed by atoms with Gasteiger partial charge in [0, 0.05) is 12.1 Å². The molecule has 3 N–H and O–H groups in total. The SMILES string of the molecule is CC(N)c1cccc(S(=O)(=O)Nc2cc(F)cc(F)c2)c1. The summed E-state index contributed by atoms with van der Waals surface area (Å²) >= 11 is 0. The van der Waals surface area contributed by atoms with Gasteiger partial charge in [0.05, 0.1) is 10.6 Å². The van der Waals surface area contributed by atoms with Gasteiger partial charge >= 0.3 is 0 Å². The molecule has 0 bridgehead atoms. The quantitative estimate of drug-likeness (QED) is 0.912. The first-order valence-corrected chi connectivity index (χ1v) is 7.61. The highest BCUT2D eigenvalue weighted by atomic mass is 32.2. The first kappa shape index (κ1) is 15.4. The topological polar surface area (TPSA) is 72.2 Å². The first-order valence-electron chi connectivity index (χ1n) is 6.12. The smallest absolute Gasteiger partial charge is 0.261 e. The molecule has 1 atom stereocenters. The molecule has 2 aromatic carbocycles. The molecule has 0 heterocycles. The molecular weight excluding hydrogens is 298 g/mol. The fraction of sp³-hybridized carbons (Fsp3) is 0.143. The second-order valence-electron chi connectivity index (χ2n) is 4.62. The summed E-state index contributed by atoms with van der Waals surface area (Å²) in [4.78, 5) is -0.0260. The van der Waals surface area contributed by atoms with Gasteiger partial charge in [0.1, 0.15) is 11.6 Å². The van der Waals surface area contributed by atoms with Gasteiger partial charge in [-0.2, -0.15) is 0 Å². The summed E-state index contributed by atoms with van der Waals surface area (Å²) in [6.45, 7) is 1.72. The fourth-order valence-electron chi connectivity index (χ4n) is 1.79. The van der Waals surface area contributed by atoms with Gasteiger partial charge in [0.2, 0.25) is 0 Å². The van der Waals surface area contributed by atoms with Gasteiger partial charge < -0.3 is 5.73 Å². The maximum Gasteiger partial charge on any atom is 0.261 e. The average molecular weight is 312 g/mol. The van der Waals surface area contributed by atoms with E-state index >= 15 is 0 Å². The Morgan fingerprint density at radius 2 is 1.71 bits per heavy atom. The molecule has 0 aliphatic rings. The summed E-state index contributed by atoms with van der Waals surface area (Å²) in [6.07, 6.45) is 0. The van der Waals surface area contributed by atoms with Gasteiger partial charge in [0.15, 0.2) is 0 Å². The van der Waals surface area contributed by atoms with Crippen LogP contribution in [0.4, 0.5) is 14.5 Å². The summed E-state index contributed by atoms with van der Waals surface area (Å²) in [5, 5.41) is 0. The van der Waals surface area contributed by atoms with Crippen molar-refractivity contribution in [3.63, 3.8) is 0 Å². The summed E-state index contributed by atoms with van der Waals surface area (Å²) < 4.78 is 52.7. The van der Waals surface area contributed by atoms with Gasteiger partial charge in [-0.15, -0.1) is 0 Å². The summed E-state index contributed by atoms with van der Waals surface area (Å²) in [5.41, 5.74) is 6.16. The molecule has 0 saturated carbocycles. The van der Waals surface area contributed by atoms with Gasteiger partial charge in [-0.25, -0.2) is 17.2 Å². The first-order chi connectivity index (χ1) is 9.78. The Kier molecular flexibility index (Phi) is 4.24. The van der Waals surface area contributed by atoms with E-state index in [0.717, 1.165) is 12.1 Å². The van der Waals surface area contributed by atoms with E-state index in [1.807, 2.05) is 0 Å². The highest BCUT2D eigenvalue weighted by molar-refractivity contribution is 7.92. The van der Waals surface area contributed by atoms with Crippen LogP contribution in [-0.4, -0.2) is 8.42 Å². The molecule has 2 rings (SSSR count). The van der Waals surface area contributed by atoms with Crippen molar-refractivity contribution in [2.45, 2.75) is 17.9 Å². The van der Waals surface area contributed by atoms with Crippen molar-refractivity contribution < 1.29 is 17.2 Å². The van der Waals surface area contributed by atoms with Crippen molar-refractivity contribution >= 4 is 15.7 Å². The van der Waals surface area contributed by atoms with Crippen molar-refractivity contribution in [2.24, 2.45) is 5.73 Å². The summed E-state index contributed by atoms with van der Waals surface area (Å²) in [7, 11) is -3.94. The molecule has 0 aliphatic carbocycles. The molecule has 0 saturated heterocycles. The minimum absolute atomic E-state index is 0.0260. The van der Waals surface area contributed by atoms with Crippen LogP contribution >= 0.6 is 0 Å². The predicted molar refractivity (Wildman–Crippen MR) is 76.2 cm³/mol. The normalized spacial score (nSPS) is 13.0. The molecular formula is C14H14F2N2O2S. The molecule has 0 amide bonds. The molecule has 0 aromatic heterocycles. The van der Waals surface area contributed by atoms with Gasteiger partial charge in [-0.05, 0) is 36.8 Å². The van der Waals surface area contributed by atoms with E-state index in [0.29, 0.717) is 11.6 Å². The van der Waals surface area contributed by atoms with E-state index in [2.05, 4.69) is 4.72 Å². The number of halogens is 2. The lowest BCUT2D eigenvalue weighted by Crippen LogP contribution is -2.14. The third-order valence-electron chi connectivity index (χ3n) is 2.81. The molecule has 21 heavy (non-hydrogen) atoms. The van der Waals surface area contributed by atoms with Gasteiger partial charge in [0.25, 0.3) is 10.0 Å². The Bertz CT molecular complexity index is 741. The van der Waals surface area contributed by atoms with Gasteiger partial charge in [-0.1, -0.05) is 12.1 Å². The van der Waals surface area contributed by atoms with Crippen LogP contribution in [0.15, 0.2) is 47.4 Å². The van der Waals surface area contributed by atoms with Gasteiger partial charge in [-0.3, -0.25) is 4.72 Å². The van der Waals surface area contributed by atoms with E-state index in [1.54, 1.807) is 19.1 Å². The minimum atomic E-state index is -3.94. The second kappa shape index (κ2) is 5.79. The molecule has 0 spiro atoms. The van der Waals surface area contributed by atoms with Crippen LogP contribution in [-0.2, 0) is 10.0 Å². The monoisotopic (exact) mass is 312 g/mol. The zero-order valence-electron chi connectivity index (χ0n) is 11.2. The number of rotatable bonds is 4. The molecule has 7 heteroatoms. The average Bonchev–Trinajstić information content (AvgIpc) is 2.37. The Labute approximate surface area is 121 Å². The maximum absolute atomic E-state index is 13.1. The highest BCUT2D eigenvalue weighted by Gasteiger charge is 2.16. The zero-order valence-corrected chi connectivity index (χ0v) is 12.0. The number of hydrogen-bond donors (Lipinski definition) is 2. The predicted octanol–water partition coefficient (Wildman–Crippen LogP) is 2.79. The lowest BCUT2D eigenvalue weighted by atomic mass is 10.1. The van der Waals surface area contributed by atoms with E-state index < -0.39 is 21.7 Å². The van der Waals surface area contributed by atoms with Crippen LogP contribution in [0.3, 0.4) is 0 Å². The Morgan fingerprint density at radius 1 is 1.10 bits per heavy atom. The van der Waals surface area contributed by atoms with Crippen molar-refractivity contribution in [3.8, 4) is 0 Å². The van der Waals surface area contributed by atoms with E-state index in [1.165, 1.54) is 12.1 Å². The molecule has 112 valence electrons. The third-order valence-corrected chi connectivity index (χ3v) is 4.19. The van der Waals surface area contributed by atoms with E-state index in [9.17, 15) is 17.2 Å². The van der Waals surface area contributed by atoms with Crippen LogP contribution in [0.1, 0.15) is 18.5 Å². The van der Waals surface area contributed by atoms with Crippen molar-refractivity contribution in [3.05, 3.63) is 59.7 Å². The van der Waals surface area contributed by atoms with Crippen molar-refractivity contribution in [2.75, 3.05) is 4.72 Å². The summed E-state index contributed by atoms with van der Waals surface area (Å²) in [6, 6.07) is 8.18. The van der Waals surface area contributed by atoms with Crippen molar-refractivity contribution in [1.82, 2.24) is 0 Å². The molecule has 4 nitrogen and oxygen atoms in total. The van der Waals surface area contributed by atoms with E-state index in [-0.39, 0.29) is 16.6 Å². The van der Waals surface area contributed by atoms with Crippen LogP contribution in [0.5, 0.6) is 0 Å². The molecule has 0 aliphatic heterocycles. The Hall–Kier alpha value is -1.99. The van der Waals surface area contributed by atoms with Crippen LogP contribution in [0.2, 0.25) is 0 Å². The number of sulfonamides is 1. The Balaban J connectivity index is 2.36. The molecule has 2 aromatic rings. The lowest BCUT2D eigenvalue weighted by Gasteiger charge is -2.11. The number of nitrogens with two attached hydrogens (primary N) is 1. The highest BCUT2D eigenvalue weighted by Crippen LogP contribution is 2.20. The number of benzene rings is 2. The molecule has 1 unspecified atom stereocenters. The molecule has 0 fully saturated rings. The number of anilines is 1. The van der Waals surface area contributed by atoms with E-state index in [4.69, 9.17) is 5.73 Å². The zero-order chi connectivity index (χ0) is 15.6. The van der Waals surface area contributed by atoms with Crippen molar-refractivity contribution in [1.29, 1.82) is 0 Å². The maximum atomic E-state index is 13.1.